The molecule has 0 aliphatic heterocycles. The molecule has 0 amide bonds. The maximum Gasteiger partial charge on any atom is 0.159 e. The van der Waals surface area contributed by atoms with Gasteiger partial charge in [-0.25, -0.2) is 0 Å². The van der Waals surface area contributed by atoms with Gasteiger partial charge in [-0.15, -0.1) is 9.30 Å². The lowest BCUT2D eigenvalue weighted by atomic mass is 11.0. The number of aromatic nitrogens is 3. The van der Waals surface area contributed by atoms with Crippen LogP contribution in [0.5, 0.6) is 0 Å². The van der Waals surface area contributed by atoms with E-state index in [4.69, 9.17) is 0 Å². The molecule has 1 aromatic rings. The zero-order valence-corrected chi connectivity index (χ0v) is 4.64. The summed E-state index contributed by atoms with van der Waals surface area (Å²) in [6.45, 7) is 0. The van der Waals surface area contributed by atoms with Crippen molar-refractivity contribution in [3.63, 3.8) is 0 Å². The number of hydrogen-bond donors (Lipinski definition) is 0. The predicted octanol–water partition coefficient (Wildman–Crippen LogP) is -0.845. The summed E-state index contributed by atoms with van der Waals surface area (Å²) in [4.78, 5) is 0.479. The Morgan fingerprint density at radius 2 is 2.57 bits per heavy atom. The summed E-state index contributed by atoms with van der Waals surface area (Å²) in [6.07, 6.45) is 2.85. The monoisotopic (exact) mass is 117 g/mol. The van der Waals surface area contributed by atoms with Gasteiger partial charge in [0.25, 0.3) is 0 Å². The zero-order valence-electron chi connectivity index (χ0n) is 3.48. The molecule has 0 aliphatic carbocycles. The van der Waals surface area contributed by atoms with Crippen LogP contribution in [0.3, 0.4) is 0 Å². The third-order valence-corrected chi connectivity index (χ3v) is 0.814. The second-order valence-corrected chi connectivity index (χ2v) is 1.60. The van der Waals surface area contributed by atoms with Crippen molar-refractivity contribution < 1.29 is 4.85 Å². The highest BCUT2D eigenvalue weighted by atomic mass is 31.0. The molecular weight excluding hydrogens is 113 g/mol. The van der Waals surface area contributed by atoms with Crippen molar-refractivity contribution >= 4 is 9.39 Å². The quantitative estimate of drug-likeness (QED) is 0.252. The van der Waals surface area contributed by atoms with E-state index >= 15 is 0 Å². The van der Waals surface area contributed by atoms with Crippen LogP contribution in [-0.4, -0.2) is 9.67 Å². The Balaban J connectivity index is 3.04. The van der Waals surface area contributed by atoms with Crippen molar-refractivity contribution in [2.45, 2.75) is 0 Å². The normalized spacial score (nSPS) is 9.29. The number of nitrogens with zero attached hydrogens (tertiary/aromatic N) is 3. The fourth-order valence-corrected chi connectivity index (χ4v) is 0.466. The molecule has 4 nitrogen and oxygen atoms in total. The molecular formula is C2H4N3OP. The molecule has 1 heterocycles. The number of hydrogen-bond acceptors (Lipinski definition) is 2. The molecule has 5 heteroatoms. The first-order valence-electron chi connectivity index (χ1n) is 1.69. The van der Waals surface area contributed by atoms with Gasteiger partial charge in [0.2, 0.25) is 0 Å². The van der Waals surface area contributed by atoms with Crippen molar-refractivity contribution in [2.75, 3.05) is 0 Å². The molecule has 1 rings (SSSR count). The molecule has 0 bridgehead atoms. The minimum absolute atomic E-state index is 0.479. The highest BCUT2D eigenvalue weighted by Gasteiger charge is 1.87. The minimum Gasteiger partial charge on any atom is -0.691 e. The van der Waals surface area contributed by atoms with Crippen LogP contribution in [0.1, 0.15) is 0 Å². The average molecular weight is 117 g/mol. The van der Waals surface area contributed by atoms with Gasteiger partial charge >= 0.3 is 0 Å². The lowest BCUT2D eigenvalue weighted by molar-refractivity contribution is -0.669. The van der Waals surface area contributed by atoms with Gasteiger partial charge < -0.3 is 5.21 Å². The molecule has 0 radical (unpaired) electrons. The second-order valence-electron chi connectivity index (χ2n) is 1.07. The number of rotatable bonds is 0. The van der Waals surface area contributed by atoms with Gasteiger partial charge in [-0.1, -0.05) is 0 Å². The topological polar surface area (TPSA) is 44.8 Å². The van der Waals surface area contributed by atoms with Crippen LogP contribution >= 0.6 is 9.39 Å². The lowest BCUT2D eigenvalue weighted by Gasteiger charge is -1.83. The molecule has 0 N–H and O–H groups in total. The Labute approximate surface area is 42.6 Å². The van der Waals surface area contributed by atoms with Gasteiger partial charge in [0.15, 0.2) is 12.4 Å². The van der Waals surface area contributed by atoms with Gasteiger partial charge in [-0.2, -0.15) is 0 Å². The summed E-state index contributed by atoms with van der Waals surface area (Å²) in [5.74, 6) is 0. The van der Waals surface area contributed by atoms with Crippen LogP contribution in [0.25, 0.3) is 0 Å². The highest BCUT2D eigenvalue weighted by Crippen LogP contribution is 1.81. The third kappa shape index (κ3) is 0.871. The van der Waals surface area contributed by atoms with Gasteiger partial charge in [-0.05, 0) is 0 Å². The van der Waals surface area contributed by atoms with Crippen LogP contribution < -0.4 is 4.85 Å². The Morgan fingerprint density at radius 3 is 2.71 bits per heavy atom. The summed E-state index contributed by atoms with van der Waals surface area (Å²) < 4.78 is 1.35. The fourth-order valence-electron chi connectivity index (χ4n) is 0.287. The van der Waals surface area contributed by atoms with Crippen molar-refractivity contribution in [1.82, 2.24) is 9.67 Å². The molecule has 1 unspecified atom stereocenters. The Morgan fingerprint density at radius 1 is 1.86 bits per heavy atom. The summed E-state index contributed by atoms with van der Waals surface area (Å²) in [6, 6.07) is 0. The third-order valence-electron chi connectivity index (χ3n) is 0.538. The zero-order chi connectivity index (χ0) is 5.28. The van der Waals surface area contributed by atoms with Crippen molar-refractivity contribution in [2.24, 2.45) is 0 Å². The van der Waals surface area contributed by atoms with Gasteiger partial charge in [0, 0.05) is 0 Å². The van der Waals surface area contributed by atoms with E-state index in [1.807, 2.05) is 0 Å². The summed E-state index contributed by atoms with van der Waals surface area (Å²) in [7, 11) is 2.23. The second kappa shape index (κ2) is 1.46. The van der Waals surface area contributed by atoms with Crippen LogP contribution in [-0.2, 0) is 0 Å². The predicted molar refractivity (Wildman–Crippen MR) is 26.3 cm³/mol. The van der Waals surface area contributed by atoms with E-state index in [-0.39, 0.29) is 0 Å². The molecule has 1 aromatic heterocycles. The molecule has 0 spiro atoms. The first-order valence-corrected chi connectivity index (χ1v) is 2.21. The Bertz CT molecular complexity index is 145. The first-order chi connectivity index (χ1) is 3.29. The first kappa shape index (κ1) is 4.53. The van der Waals surface area contributed by atoms with E-state index in [1.165, 1.54) is 16.8 Å². The maximum atomic E-state index is 10.1. The van der Waals surface area contributed by atoms with Gasteiger partial charge in [0.05, 0.1) is 14.6 Å². The van der Waals surface area contributed by atoms with Crippen LogP contribution in [0, 0.1) is 5.21 Å². The molecule has 38 valence electrons. The van der Waals surface area contributed by atoms with E-state index < -0.39 is 0 Å². The van der Waals surface area contributed by atoms with Crippen LogP contribution in [0.2, 0.25) is 0 Å². The SMILES string of the molecule is [O-][n+]1ccn(P)n1. The van der Waals surface area contributed by atoms with Gasteiger partial charge in [0.1, 0.15) is 0 Å². The van der Waals surface area contributed by atoms with Crippen LogP contribution in [0.4, 0.5) is 0 Å². The van der Waals surface area contributed by atoms with Gasteiger partial charge in [-0.3, -0.25) is 0 Å². The molecule has 7 heavy (non-hydrogen) atoms. The van der Waals surface area contributed by atoms with E-state index in [0.717, 1.165) is 0 Å². The molecule has 0 fully saturated rings. The van der Waals surface area contributed by atoms with E-state index in [1.54, 1.807) is 0 Å². The molecule has 0 saturated heterocycles. The summed E-state index contributed by atoms with van der Waals surface area (Å²) in [5, 5.41) is 13.4. The summed E-state index contributed by atoms with van der Waals surface area (Å²) in [5.41, 5.74) is 0. The lowest BCUT2D eigenvalue weighted by Crippen LogP contribution is -2.27. The van der Waals surface area contributed by atoms with Crippen LogP contribution in [0.15, 0.2) is 12.4 Å². The van der Waals surface area contributed by atoms with E-state index in [2.05, 4.69) is 14.6 Å². The van der Waals surface area contributed by atoms with E-state index in [9.17, 15) is 5.21 Å². The van der Waals surface area contributed by atoms with Crippen molar-refractivity contribution in [3.8, 4) is 0 Å². The Kier molecular flexibility index (Phi) is 0.947. The maximum absolute atomic E-state index is 10.1. The molecule has 0 aromatic carbocycles. The molecule has 0 aliphatic rings. The average Bonchev–Trinajstić information content (AvgIpc) is 1.87. The molecule has 1 atom stereocenters. The molecule has 0 saturated carbocycles. The minimum atomic E-state index is 0.479. The smallest absolute Gasteiger partial charge is 0.159 e. The van der Waals surface area contributed by atoms with Crippen molar-refractivity contribution in [3.05, 3.63) is 17.6 Å². The Hall–Kier alpha value is -0.630. The largest absolute Gasteiger partial charge is 0.691 e. The van der Waals surface area contributed by atoms with E-state index in [0.29, 0.717) is 4.85 Å². The highest BCUT2D eigenvalue weighted by molar-refractivity contribution is 7.14. The fraction of sp³-hybridized carbons (Fsp3) is 0. The standard InChI is InChI=1S/C2H4N3OP/c6-4-1-2-5(7)3-4/h1-2H,7H2. The summed E-state index contributed by atoms with van der Waals surface area (Å²) >= 11 is 0. The van der Waals surface area contributed by atoms with Crippen molar-refractivity contribution in [1.29, 1.82) is 0 Å².